The SMILES string of the molecule is CCNC(=NCCCc1ccc(OC)c(OC)c1)N(C)CC(=O)N(CC)CC. The fourth-order valence-electron chi connectivity index (χ4n) is 2.93. The first-order valence-corrected chi connectivity index (χ1v) is 9.98. The molecule has 0 radical (unpaired) electrons. The molecule has 7 nitrogen and oxygen atoms in total. The first kappa shape index (κ1) is 23.6. The summed E-state index contributed by atoms with van der Waals surface area (Å²) in [6.45, 7) is 9.23. The number of nitrogens with one attached hydrogen (secondary N) is 1. The van der Waals surface area contributed by atoms with Crippen LogP contribution in [0.3, 0.4) is 0 Å². The largest absolute Gasteiger partial charge is 0.493 e. The molecule has 158 valence electrons. The summed E-state index contributed by atoms with van der Waals surface area (Å²) < 4.78 is 10.6. The number of aliphatic imine (C=N–C) groups is 1. The van der Waals surface area contributed by atoms with Gasteiger partial charge in [-0.1, -0.05) is 6.07 Å². The summed E-state index contributed by atoms with van der Waals surface area (Å²) >= 11 is 0. The molecule has 0 bridgehead atoms. The van der Waals surface area contributed by atoms with Crippen molar-refractivity contribution in [2.75, 3.05) is 54.0 Å². The Morgan fingerprint density at radius 2 is 1.79 bits per heavy atom. The van der Waals surface area contributed by atoms with Crippen molar-refractivity contribution in [2.24, 2.45) is 4.99 Å². The molecular formula is C21H36N4O3. The highest BCUT2D eigenvalue weighted by Crippen LogP contribution is 2.27. The third kappa shape index (κ3) is 7.29. The summed E-state index contributed by atoms with van der Waals surface area (Å²) in [5.41, 5.74) is 1.18. The second kappa shape index (κ2) is 12.9. The average molecular weight is 393 g/mol. The van der Waals surface area contributed by atoms with Crippen LogP contribution in [-0.4, -0.2) is 75.7 Å². The molecule has 0 fully saturated rings. The van der Waals surface area contributed by atoms with Gasteiger partial charge in [0.2, 0.25) is 5.91 Å². The number of hydrogen-bond acceptors (Lipinski definition) is 4. The molecule has 0 aliphatic rings. The van der Waals surface area contributed by atoms with Crippen LogP contribution < -0.4 is 14.8 Å². The molecule has 1 rings (SSSR count). The molecule has 28 heavy (non-hydrogen) atoms. The van der Waals surface area contributed by atoms with Gasteiger partial charge in [0.15, 0.2) is 17.5 Å². The van der Waals surface area contributed by atoms with Crippen molar-refractivity contribution in [3.05, 3.63) is 23.8 Å². The van der Waals surface area contributed by atoms with Gasteiger partial charge in [-0.3, -0.25) is 9.79 Å². The normalized spacial score (nSPS) is 11.1. The zero-order valence-electron chi connectivity index (χ0n) is 18.2. The van der Waals surface area contributed by atoms with E-state index in [1.54, 1.807) is 14.2 Å². The Hall–Kier alpha value is -2.44. The molecule has 0 spiro atoms. The van der Waals surface area contributed by atoms with Crippen LogP contribution in [0.4, 0.5) is 0 Å². The number of carbonyl (C=O) groups is 1. The van der Waals surface area contributed by atoms with Gasteiger partial charge in [-0.15, -0.1) is 0 Å². The van der Waals surface area contributed by atoms with E-state index in [4.69, 9.17) is 9.47 Å². The van der Waals surface area contributed by atoms with Gasteiger partial charge in [0.1, 0.15) is 0 Å². The number of ether oxygens (including phenoxy) is 2. The summed E-state index contributed by atoms with van der Waals surface area (Å²) in [5, 5.41) is 3.26. The van der Waals surface area contributed by atoms with Gasteiger partial charge in [-0.25, -0.2) is 0 Å². The Morgan fingerprint density at radius 1 is 1.11 bits per heavy atom. The number of hydrogen-bond donors (Lipinski definition) is 1. The summed E-state index contributed by atoms with van der Waals surface area (Å²) in [6.07, 6.45) is 1.80. The molecule has 0 aliphatic heterocycles. The first-order valence-electron chi connectivity index (χ1n) is 9.98. The molecule has 1 amide bonds. The molecule has 0 unspecified atom stereocenters. The third-order valence-corrected chi connectivity index (χ3v) is 4.52. The van der Waals surface area contributed by atoms with E-state index in [1.165, 1.54) is 5.56 Å². The van der Waals surface area contributed by atoms with E-state index in [2.05, 4.69) is 10.3 Å². The standard InChI is InChI=1S/C21H36N4O3/c1-7-22-21(24(4)16-20(26)25(8-2)9-3)23-14-10-11-17-12-13-18(27-5)19(15-17)28-6/h12-13,15H,7-11,14,16H2,1-6H3,(H,22,23). The number of rotatable bonds is 11. The summed E-state index contributed by atoms with van der Waals surface area (Å²) in [4.78, 5) is 20.7. The van der Waals surface area contributed by atoms with Gasteiger partial charge in [0.05, 0.1) is 20.8 Å². The number of nitrogens with zero attached hydrogens (tertiary/aromatic N) is 3. The summed E-state index contributed by atoms with van der Waals surface area (Å²) in [5.74, 6) is 2.35. The zero-order chi connectivity index (χ0) is 20.9. The van der Waals surface area contributed by atoms with Gasteiger partial charge in [-0.2, -0.15) is 0 Å². The molecule has 0 aliphatic carbocycles. The molecule has 1 aromatic carbocycles. The molecule has 0 heterocycles. The highest BCUT2D eigenvalue weighted by Gasteiger charge is 2.14. The van der Waals surface area contributed by atoms with Crippen molar-refractivity contribution in [2.45, 2.75) is 33.6 Å². The van der Waals surface area contributed by atoms with Gasteiger partial charge >= 0.3 is 0 Å². The van der Waals surface area contributed by atoms with Crippen LogP contribution in [0.15, 0.2) is 23.2 Å². The Bertz CT molecular complexity index is 630. The number of carbonyl (C=O) groups excluding carboxylic acids is 1. The van der Waals surface area contributed by atoms with E-state index >= 15 is 0 Å². The van der Waals surface area contributed by atoms with Crippen molar-refractivity contribution in [3.63, 3.8) is 0 Å². The smallest absolute Gasteiger partial charge is 0.242 e. The lowest BCUT2D eigenvalue weighted by atomic mass is 10.1. The molecule has 0 aromatic heterocycles. The van der Waals surface area contributed by atoms with Crippen molar-refractivity contribution in [3.8, 4) is 11.5 Å². The van der Waals surface area contributed by atoms with Crippen molar-refractivity contribution in [1.82, 2.24) is 15.1 Å². The lowest BCUT2D eigenvalue weighted by molar-refractivity contribution is -0.131. The van der Waals surface area contributed by atoms with Gasteiger partial charge in [0, 0.05) is 33.2 Å². The molecule has 7 heteroatoms. The second-order valence-corrected chi connectivity index (χ2v) is 6.45. The van der Waals surface area contributed by atoms with Crippen molar-refractivity contribution < 1.29 is 14.3 Å². The van der Waals surface area contributed by atoms with E-state index in [0.29, 0.717) is 13.1 Å². The summed E-state index contributed by atoms with van der Waals surface area (Å²) in [6, 6.07) is 5.97. The monoisotopic (exact) mass is 392 g/mol. The number of benzene rings is 1. The van der Waals surface area contributed by atoms with Gasteiger partial charge < -0.3 is 24.6 Å². The molecule has 0 atom stereocenters. The van der Waals surface area contributed by atoms with Crippen LogP contribution in [-0.2, 0) is 11.2 Å². The quantitative estimate of drug-likeness (QED) is 0.356. The van der Waals surface area contributed by atoms with E-state index in [9.17, 15) is 4.79 Å². The fraction of sp³-hybridized carbons (Fsp3) is 0.619. The van der Waals surface area contributed by atoms with Crippen molar-refractivity contribution >= 4 is 11.9 Å². The second-order valence-electron chi connectivity index (χ2n) is 6.45. The highest BCUT2D eigenvalue weighted by molar-refractivity contribution is 5.86. The van der Waals surface area contributed by atoms with E-state index in [-0.39, 0.29) is 5.91 Å². The van der Waals surface area contributed by atoms with Crippen LogP contribution in [0.2, 0.25) is 0 Å². The number of aryl methyl sites for hydroxylation is 1. The third-order valence-electron chi connectivity index (χ3n) is 4.52. The van der Waals surface area contributed by atoms with Crippen molar-refractivity contribution in [1.29, 1.82) is 0 Å². The molecular weight excluding hydrogens is 356 g/mol. The minimum Gasteiger partial charge on any atom is -0.493 e. The molecule has 1 N–H and O–H groups in total. The highest BCUT2D eigenvalue weighted by atomic mass is 16.5. The topological polar surface area (TPSA) is 66.4 Å². The van der Waals surface area contributed by atoms with Crippen LogP contribution in [0.5, 0.6) is 11.5 Å². The Kier molecular flexibility index (Phi) is 10.8. The Balaban J connectivity index is 2.63. The number of amides is 1. The van der Waals surface area contributed by atoms with Crippen LogP contribution in [0.25, 0.3) is 0 Å². The number of methoxy groups -OCH3 is 2. The maximum atomic E-state index is 12.3. The molecule has 1 aromatic rings. The van der Waals surface area contributed by atoms with Gasteiger partial charge in [-0.05, 0) is 51.3 Å². The Morgan fingerprint density at radius 3 is 2.36 bits per heavy atom. The van der Waals surface area contributed by atoms with Crippen LogP contribution in [0, 0.1) is 0 Å². The predicted molar refractivity (Wildman–Crippen MR) is 114 cm³/mol. The lowest BCUT2D eigenvalue weighted by Crippen LogP contribution is -2.45. The van der Waals surface area contributed by atoms with E-state index < -0.39 is 0 Å². The number of guanidine groups is 1. The summed E-state index contributed by atoms with van der Waals surface area (Å²) in [7, 11) is 5.18. The maximum Gasteiger partial charge on any atom is 0.242 e. The molecule has 0 saturated carbocycles. The van der Waals surface area contributed by atoms with Crippen LogP contribution >= 0.6 is 0 Å². The van der Waals surface area contributed by atoms with Crippen LogP contribution in [0.1, 0.15) is 32.8 Å². The molecule has 0 saturated heterocycles. The maximum absolute atomic E-state index is 12.3. The van der Waals surface area contributed by atoms with Gasteiger partial charge in [0.25, 0.3) is 0 Å². The zero-order valence-corrected chi connectivity index (χ0v) is 18.2. The minimum atomic E-state index is 0.114. The van der Waals surface area contributed by atoms with E-state index in [1.807, 2.05) is 55.8 Å². The first-order chi connectivity index (χ1) is 13.5. The van der Waals surface area contributed by atoms with E-state index in [0.717, 1.165) is 49.9 Å². The Labute approximate surface area is 169 Å². The number of likely N-dealkylation sites (N-methyl/N-ethyl adjacent to an activating group) is 2. The minimum absolute atomic E-state index is 0.114. The predicted octanol–water partition coefficient (Wildman–Crippen LogP) is 2.40. The fourth-order valence-corrected chi connectivity index (χ4v) is 2.93. The average Bonchev–Trinajstić information content (AvgIpc) is 2.70. The lowest BCUT2D eigenvalue weighted by Gasteiger charge is -2.25.